The Morgan fingerprint density at radius 2 is 1.67 bits per heavy atom. The summed E-state index contributed by atoms with van der Waals surface area (Å²) in [6, 6.07) is 18.4. The van der Waals surface area contributed by atoms with Gasteiger partial charge in [0.25, 0.3) is 0 Å². The summed E-state index contributed by atoms with van der Waals surface area (Å²) in [6.45, 7) is 0. The maximum Gasteiger partial charge on any atom is 0.0786 e. The normalized spacial score (nSPS) is 22.3. The number of hydrogen-bond donors (Lipinski definition) is 2. The molecule has 92 valence electrons. The molecule has 2 aromatic carbocycles. The van der Waals surface area contributed by atoms with Gasteiger partial charge in [-0.3, -0.25) is 0 Å². The van der Waals surface area contributed by atoms with Gasteiger partial charge in [0.1, 0.15) is 0 Å². The van der Waals surface area contributed by atoms with Crippen LogP contribution in [0.2, 0.25) is 0 Å². The minimum Gasteiger partial charge on any atom is -0.391 e. The summed E-state index contributed by atoms with van der Waals surface area (Å²) in [5.74, 6) is 0. The molecule has 0 aromatic heterocycles. The first-order chi connectivity index (χ1) is 8.84. The van der Waals surface area contributed by atoms with E-state index in [1.807, 2.05) is 36.4 Å². The highest BCUT2D eigenvalue weighted by Gasteiger charge is 2.27. The fourth-order valence-corrected chi connectivity index (χ4v) is 2.63. The van der Waals surface area contributed by atoms with Gasteiger partial charge in [0.15, 0.2) is 0 Å². The SMILES string of the molecule is O[C@@H]1CCc2ccccc2[C@H]1Nc1ccccc1. The number of anilines is 1. The van der Waals surface area contributed by atoms with Crippen LogP contribution in [-0.4, -0.2) is 11.2 Å². The van der Waals surface area contributed by atoms with Crippen molar-refractivity contribution >= 4 is 5.69 Å². The Morgan fingerprint density at radius 1 is 0.944 bits per heavy atom. The zero-order chi connectivity index (χ0) is 12.4. The van der Waals surface area contributed by atoms with Gasteiger partial charge in [-0.1, -0.05) is 42.5 Å². The van der Waals surface area contributed by atoms with Gasteiger partial charge < -0.3 is 10.4 Å². The van der Waals surface area contributed by atoms with E-state index in [9.17, 15) is 5.11 Å². The minimum atomic E-state index is -0.319. The quantitative estimate of drug-likeness (QED) is 0.843. The maximum absolute atomic E-state index is 10.2. The molecule has 3 rings (SSSR count). The summed E-state index contributed by atoms with van der Waals surface area (Å²) in [4.78, 5) is 0. The second kappa shape index (κ2) is 4.83. The molecule has 0 amide bonds. The molecule has 0 saturated carbocycles. The molecule has 1 aliphatic rings. The second-order valence-corrected chi connectivity index (χ2v) is 4.79. The van der Waals surface area contributed by atoms with Gasteiger partial charge in [-0.15, -0.1) is 0 Å². The number of nitrogens with one attached hydrogen (secondary N) is 1. The molecule has 2 N–H and O–H groups in total. The van der Waals surface area contributed by atoms with E-state index in [0.29, 0.717) is 0 Å². The Morgan fingerprint density at radius 3 is 2.50 bits per heavy atom. The molecule has 0 spiro atoms. The van der Waals surface area contributed by atoms with E-state index < -0.39 is 0 Å². The van der Waals surface area contributed by atoms with Crippen LogP contribution in [0, 0.1) is 0 Å². The molecule has 0 aliphatic heterocycles. The van der Waals surface area contributed by atoms with Crippen molar-refractivity contribution in [1.82, 2.24) is 0 Å². The predicted molar refractivity (Wildman–Crippen MR) is 73.6 cm³/mol. The molecule has 0 saturated heterocycles. The summed E-state index contributed by atoms with van der Waals surface area (Å²) in [5.41, 5.74) is 3.62. The fraction of sp³-hybridized carbons (Fsp3) is 0.250. The third-order valence-electron chi connectivity index (χ3n) is 3.58. The first-order valence-corrected chi connectivity index (χ1v) is 6.42. The molecular formula is C16H17NO. The number of aryl methyl sites for hydroxylation is 1. The molecule has 0 heterocycles. The van der Waals surface area contributed by atoms with Gasteiger partial charge in [-0.05, 0) is 36.1 Å². The molecule has 1 aliphatic carbocycles. The monoisotopic (exact) mass is 239 g/mol. The Labute approximate surface area is 107 Å². The lowest BCUT2D eigenvalue weighted by molar-refractivity contribution is 0.135. The van der Waals surface area contributed by atoms with Gasteiger partial charge in [-0.25, -0.2) is 0 Å². The summed E-state index contributed by atoms with van der Waals surface area (Å²) < 4.78 is 0. The zero-order valence-electron chi connectivity index (χ0n) is 10.2. The third-order valence-corrected chi connectivity index (χ3v) is 3.58. The average molecular weight is 239 g/mol. The summed E-state index contributed by atoms with van der Waals surface area (Å²) in [5, 5.41) is 13.7. The Balaban J connectivity index is 1.91. The van der Waals surface area contributed by atoms with Gasteiger partial charge >= 0.3 is 0 Å². The highest BCUT2D eigenvalue weighted by Crippen LogP contribution is 2.32. The highest BCUT2D eigenvalue weighted by molar-refractivity contribution is 5.47. The molecule has 0 unspecified atom stereocenters. The lowest BCUT2D eigenvalue weighted by Gasteiger charge is -2.31. The third kappa shape index (κ3) is 2.12. The molecule has 2 atom stereocenters. The van der Waals surface area contributed by atoms with Crippen LogP contribution in [0.4, 0.5) is 5.69 Å². The lowest BCUT2D eigenvalue weighted by atomic mass is 9.85. The Hall–Kier alpha value is -1.80. The van der Waals surface area contributed by atoms with Crippen LogP contribution >= 0.6 is 0 Å². The summed E-state index contributed by atoms with van der Waals surface area (Å²) in [7, 11) is 0. The van der Waals surface area contributed by atoms with Crippen LogP contribution in [0.1, 0.15) is 23.6 Å². The van der Waals surface area contributed by atoms with Crippen molar-refractivity contribution in [2.45, 2.75) is 25.0 Å². The van der Waals surface area contributed by atoms with Crippen LogP contribution in [0.15, 0.2) is 54.6 Å². The number of aliphatic hydroxyl groups excluding tert-OH is 1. The standard InChI is InChI=1S/C16H17NO/c18-15-11-10-12-6-4-5-9-14(12)16(15)17-13-7-2-1-3-8-13/h1-9,15-18H,10-11H2/t15-,16-/m1/s1. The van der Waals surface area contributed by atoms with E-state index in [1.165, 1.54) is 11.1 Å². The summed E-state index contributed by atoms with van der Waals surface area (Å²) in [6.07, 6.45) is 1.46. The first-order valence-electron chi connectivity index (χ1n) is 6.42. The zero-order valence-corrected chi connectivity index (χ0v) is 10.2. The molecule has 0 radical (unpaired) electrons. The summed E-state index contributed by atoms with van der Waals surface area (Å²) >= 11 is 0. The number of benzene rings is 2. The number of hydrogen-bond acceptors (Lipinski definition) is 2. The first kappa shape index (κ1) is 11.3. The molecule has 2 aromatic rings. The van der Waals surface area contributed by atoms with Gasteiger partial charge in [0, 0.05) is 5.69 Å². The molecule has 0 bridgehead atoms. The van der Waals surface area contributed by atoms with E-state index in [2.05, 4.69) is 23.5 Å². The van der Waals surface area contributed by atoms with Crippen LogP contribution in [0.3, 0.4) is 0 Å². The predicted octanol–water partition coefficient (Wildman–Crippen LogP) is 3.15. The van der Waals surface area contributed by atoms with Crippen molar-refractivity contribution in [2.75, 3.05) is 5.32 Å². The van der Waals surface area contributed by atoms with Gasteiger partial charge in [0.05, 0.1) is 12.1 Å². The number of rotatable bonds is 2. The van der Waals surface area contributed by atoms with Crippen molar-refractivity contribution in [3.63, 3.8) is 0 Å². The van der Waals surface area contributed by atoms with Crippen LogP contribution in [0.5, 0.6) is 0 Å². The Kier molecular flexibility index (Phi) is 3.03. The molecule has 2 nitrogen and oxygen atoms in total. The van der Waals surface area contributed by atoms with Gasteiger partial charge in [0.2, 0.25) is 0 Å². The Bertz CT molecular complexity index is 524. The van der Waals surface area contributed by atoms with Crippen LogP contribution in [0.25, 0.3) is 0 Å². The van der Waals surface area contributed by atoms with E-state index in [0.717, 1.165) is 18.5 Å². The maximum atomic E-state index is 10.2. The molecule has 2 heteroatoms. The number of para-hydroxylation sites is 1. The topological polar surface area (TPSA) is 32.3 Å². The second-order valence-electron chi connectivity index (χ2n) is 4.79. The highest BCUT2D eigenvalue weighted by atomic mass is 16.3. The van der Waals surface area contributed by atoms with Crippen molar-refractivity contribution in [2.24, 2.45) is 0 Å². The van der Waals surface area contributed by atoms with E-state index in [1.54, 1.807) is 0 Å². The van der Waals surface area contributed by atoms with Crippen molar-refractivity contribution in [3.8, 4) is 0 Å². The smallest absolute Gasteiger partial charge is 0.0786 e. The van der Waals surface area contributed by atoms with E-state index in [-0.39, 0.29) is 12.1 Å². The van der Waals surface area contributed by atoms with Crippen molar-refractivity contribution < 1.29 is 5.11 Å². The van der Waals surface area contributed by atoms with E-state index in [4.69, 9.17) is 0 Å². The average Bonchev–Trinajstić information content (AvgIpc) is 2.43. The fourth-order valence-electron chi connectivity index (χ4n) is 2.63. The number of aliphatic hydroxyl groups is 1. The number of fused-ring (bicyclic) bond motifs is 1. The molecule has 0 fully saturated rings. The largest absolute Gasteiger partial charge is 0.391 e. The van der Waals surface area contributed by atoms with Crippen molar-refractivity contribution in [3.05, 3.63) is 65.7 Å². The van der Waals surface area contributed by atoms with Crippen LogP contribution < -0.4 is 5.32 Å². The lowest BCUT2D eigenvalue weighted by Crippen LogP contribution is -2.30. The molecular weight excluding hydrogens is 222 g/mol. The van der Waals surface area contributed by atoms with E-state index >= 15 is 0 Å². The van der Waals surface area contributed by atoms with Crippen LogP contribution in [-0.2, 0) is 6.42 Å². The van der Waals surface area contributed by atoms with Gasteiger partial charge in [-0.2, -0.15) is 0 Å². The van der Waals surface area contributed by atoms with Crippen molar-refractivity contribution in [1.29, 1.82) is 0 Å². The minimum absolute atomic E-state index is 0.00245. The molecule has 18 heavy (non-hydrogen) atoms.